The summed E-state index contributed by atoms with van der Waals surface area (Å²) >= 11 is 7.40. The van der Waals surface area contributed by atoms with Crippen LogP contribution < -0.4 is 0 Å². The highest BCUT2D eigenvalue weighted by molar-refractivity contribution is 9.10. The number of hydrogen-bond acceptors (Lipinski definition) is 2. The van der Waals surface area contributed by atoms with Crippen molar-refractivity contribution in [3.05, 3.63) is 55.7 Å². The summed E-state index contributed by atoms with van der Waals surface area (Å²) in [4.78, 5) is 4.94. The average Bonchev–Trinajstić information content (AvgIpc) is 2.81. The molecule has 1 aromatic carbocycles. The minimum atomic E-state index is 0.289. The van der Waals surface area contributed by atoms with Gasteiger partial charge in [-0.25, -0.2) is 0 Å². The molecule has 152 valence electrons. The van der Waals surface area contributed by atoms with Crippen molar-refractivity contribution in [1.29, 1.82) is 0 Å². The van der Waals surface area contributed by atoms with Gasteiger partial charge in [0, 0.05) is 21.1 Å². The van der Waals surface area contributed by atoms with Crippen LogP contribution in [0.25, 0.3) is 0 Å². The molecule has 0 amide bonds. The van der Waals surface area contributed by atoms with Crippen LogP contribution >= 0.6 is 31.9 Å². The van der Waals surface area contributed by atoms with E-state index in [-0.39, 0.29) is 5.92 Å². The number of nitrogens with zero attached hydrogens (tertiary/aromatic N) is 1. The first kappa shape index (κ1) is 21.8. The molecule has 1 aliphatic rings. The van der Waals surface area contributed by atoms with Crippen molar-refractivity contribution in [2.75, 3.05) is 0 Å². The maximum atomic E-state index is 10.2. The minimum Gasteiger partial charge on any atom is -0.508 e. The maximum Gasteiger partial charge on any atom is 0.116 e. The molecular weight excluding hydrogens is 478 g/mol. The molecule has 1 aromatic heterocycles. The summed E-state index contributed by atoms with van der Waals surface area (Å²) in [5.41, 5.74) is 5.19. The molecule has 2 nitrogen and oxygen atoms in total. The number of unbranched alkanes of at least 4 members (excludes halogenated alkanes) is 3. The van der Waals surface area contributed by atoms with Gasteiger partial charge in [0.2, 0.25) is 0 Å². The first-order valence-electron chi connectivity index (χ1n) is 10.7. The van der Waals surface area contributed by atoms with Gasteiger partial charge in [-0.2, -0.15) is 0 Å². The van der Waals surface area contributed by atoms with E-state index in [9.17, 15) is 5.11 Å². The van der Waals surface area contributed by atoms with E-state index in [0.717, 1.165) is 21.8 Å². The number of aryl methyl sites for hydroxylation is 2. The summed E-state index contributed by atoms with van der Waals surface area (Å²) in [6, 6.07) is 6.07. The monoisotopic (exact) mass is 507 g/mol. The maximum absolute atomic E-state index is 10.2. The van der Waals surface area contributed by atoms with E-state index in [4.69, 9.17) is 4.98 Å². The van der Waals surface area contributed by atoms with Gasteiger partial charge in [0.1, 0.15) is 5.75 Å². The van der Waals surface area contributed by atoms with Crippen molar-refractivity contribution in [2.45, 2.75) is 77.6 Å². The number of pyridine rings is 1. The van der Waals surface area contributed by atoms with Crippen LogP contribution in [0, 0.1) is 5.92 Å². The number of halogens is 2. The Morgan fingerprint density at radius 3 is 2.54 bits per heavy atom. The Morgan fingerprint density at radius 2 is 1.79 bits per heavy atom. The van der Waals surface area contributed by atoms with Crippen molar-refractivity contribution in [2.24, 2.45) is 5.92 Å². The topological polar surface area (TPSA) is 33.1 Å². The van der Waals surface area contributed by atoms with E-state index in [0.29, 0.717) is 11.7 Å². The van der Waals surface area contributed by atoms with Gasteiger partial charge in [0.25, 0.3) is 0 Å². The summed E-state index contributed by atoms with van der Waals surface area (Å²) in [5.74, 6) is 1.21. The number of phenols is 1. The molecule has 1 aliphatic carbocycles. The first-order valence-corrected chi connectivity index (χ1v) is 12.3. The summed E-state index contributed by atoms with van der Waals surface area (Å²) in [5, 5.41) is 10.2. The van der Waals surface area contributed by atoms with Crippen molar-refractivity contribution in [3.63, 3.8) is 0 Å². The molecule has 4 heteroatoms. The fourth-order valence-electron chi connectivity index (χ4n) is 4.73. The molecule has 1 heterocycles. The molecule has 28 heavy (non-hydrogen) atoms. The molecule has 0 radical (unpaired) electrons. The zero-order valence-electron chi connectivity index (χ0n) is 17.0. The number of benzene rings is 1. The quantitative estimate of drug-likeness (QED) is 0.367. The number of aromatic hydroxyl groups is 1. The standard InChI is InChI=1S/C24H31Br2NO/c1-3-5-6-7-9-16(8-4-2)23-22-17(13-20(28)14-21(22)26)10-11-18-12-19(25)15-27-24(18)23/h12-16,23,28H,3-11H2,1-2H3. The summed E-state index contributed by atoms with van der Waals surface area (Å²) in [6.07, 6.45) is 12.7. The third-order valence-electron chi connectivity index (χ3n) is 6.00. The third kappa shape index (κ3) is 4.99. The Labute approximate surface area is 186 Å². The van der Waals surface area contributed by atoms with Gasteiger partial charge in [0.05, 0.1) is 5.69 Å². The second-order valence-corrected chi connectivity index (χ2v) is 9.84. The molecule has 0 saturated heterocycles. The van der Waals surface area contributed by atoms with Crippen LogP contribution in [0.3, 0.4) is 0 Å². The highest BCUT2D eigenvalue weighted by Crippen LogP contribution is 2.46. The number of fused-ring (bicyclic) bond motifs is 2. The predicted octanol–water partition coefficient (Wildman–Crippen LogP) is 7.93. The summed E-state index contributed by atoms with van der Waals surface area (Å²) in [6.45, 7) is 4.56. The molecule has 1 N–H and O–H groups in total. The fourth-order valence-corrected chi connectivity index (χ4v) is 5.85. The molecule has 2 aromatic rings. The first-order chi connectivity index (χ1) is 13.5. The lowest BCUT2D eigenvalue weighted by Crippen LogP contribution is -2.18. The van der Waals surface area contributed by atoms with Crippen LogP contribution in [0.4, 0.5) is 0 Å². The Bertz CT molecular complexity index is 805. The SMILES string of the molecule is CCCCCCC(CCC)C1c2ncc(Br)cc2CCc2cc(O)cc(Br)c21. The second kappa shape index (κ2) is 10.2. The van der Waals surface area contributed by atoms with E-state index in [1.807, 2.05) is 18.3 Å². The minimum absolute atomic E-state index is 0.289. The van der Waals surface area contributed by atoms with Gasteiger partial charge >= 0.3 is 0 Å². The van der Waals surface area contributed by atoms with Gasteiger partial charge in [-0.05, 0) is 82.4 Å². The van der Waals surface area contributed by atoms with Gasteiger partial charge in [-0.3, -0.25) is 4.98 Å². The Morgan fingerprint density at radius 1 is 1.00 bits per heavy atom. The molecule has 3 rings (SSSR count). The van der Waals surface area contributed by atoms with E-state index in [1.54, 1.807) is 0 Å². The van der Waals surface area contributed by atoms with Crippen LogP contribution in [0.5, 0.6) is 5.75 Å². The molecule has 0 aliphatic heterocycles. The Kier molecular flexibility index (Phi) is 7.99. The Balaban J connectivity index is 2.07. The molecule has 0 saturated carbocycles. The number of aromatic nitrogens is 1. The third-order valence-corrected chi connectivity index (χ3v) is 7.09. The highest BCUT2D eigenvalue weighted by Gasteiger charge is 2.33. The van der Waals surface area contributed by atoms with Gasteiger partial charge < -0.3 is 5.11 Å². The van der Waals surface area contributed by atoms with E-state index in [2.05, 4.69) is 51.8 Å². The lowest BCUT2D eigenvalue weighted by atomic mass is 9.76. The Hall–Kier alpha value is -0.870. The number of hydrogen-bond donors (Lipinski definition) is 1. The fraction of sp³-hybridized carbons (Fsp3) is 0.542. The summed E-state index contributed by atoms with van der Waals surface area (Å²) in [7, 11) is 0. The van der Waals surface area contributed by atoms with Crippen molar-refractivity contribution in [3.8, 4) is 5.75 Å². The molecule has 0 bridgehead atoms. The van der Waals surface area contributed by atoms with Crippen LogP contribution in [-0.2, 0) is 12.8 Å². The predicted molar refractivity (Wildman–Crippen MR) is 124 cm³/mol. The van der Waals surface area contributed by atoms with Crippen LogP contribution in [0.1, 0.15) is 87.1 Å². The lowest BCUT2D eigenvalue weighted by Gasteiger charge is -2.30. The van der Waals surface area contributed by atoms with Crippen molar-refractivity contribution >= 4 is 31.9 Å². The average molecular weight is 509 g/mol. The van der Waals surface area contributed by atoms with Crippen molar-refractivity contribution < 1.29 is 5.11 Å². The van der Waals surface area contributed by atoms with E-state index in [1.165, 1.54) is 67.3 Å². The molecule has 0 fully saturated rings. The molecule has 0 spiro atoms. The largest absolute Gasteiger partial charge is 0.508 e. The molecule has 2 unspecified atom stereocenters. The highest BCUT2D eigenvalue weighted by atomic mass is 79.9. The van der Waals surface area contributed by atoms with E-state index >= 15 is 0 Å². The second-order valence-electron chi connectivity index (χ2n) is 8.07. The van der Waals surface area contributed by atoms with Crippen molar-refractivity contribution in [1.82, 2.24) is 4.98 Å². The van der Waals surface area contributed by atoms with Crippen LogP contribution in [-0.4, -0.2) is 10.1 Å². The van der Waals surface area contributed by atoms with E-state index < -0.39 is 0 Å². The zero-order chi connectivity index (χ0) is 20.1. The van der Waals surface area contributed by atoms with Gasteiger partial charge in [-0.1, -0.05) is 61.9 Å². The van der Waals surface area contributed by atoms with Gasteiger partial charge in [-0.15, -0.1) is 0 Å². The van der Waals surface area contributed by atoms with Gasteiger partial charge in [0.15, 0.2) is 0 Å². The van der Waals surface area contributed by atoms with Crippen LogP contribution in [0.15, 0.2) is 33.3 Å². The summed E-state index contributed by atoms with van der Waals surface area (Å²) < 4.78 is 2.08. The zero-order valence-corrected chi connectivity index (χ0v) is 20.2. The smallest absolute Gasteiger partial charge is 0.116 e. The molecule has 2 atom stereocenters. The normalized spacial score (nSPS) is 16.9. The lowest BCUT2D eigenvalue weighted by molar-refractivity contribution is 0.375. The number of rotatable bonds is 8. The number of phenolic OH excluding ortho intramolecular Hbond substituents is 1. The van der Waals surface area contributed by atoms with Crippen LogP contribution in [0.2, 0.25) is 0 Å². The molecular formula is C24H31Br2NO.